The molecule has 0 aliphatic carbocycles. The van der Waals surface area contributed by atoms with Gasteiger partial charge < -0.3 is 28.5 Å². The molecule has 0 aliphatic heterocycles. The van der Waals surface area contributed by atoms with Crippen LogP contribution < -0.4 is 0 Å². The molecule has 4 aromatic rings. The van der Waals surface area contributed by atoms with Gasteiger partial charge >= 0.3 is 36.2 Å². The number of nitrogens with one attached hydrogen (secondary N) is 1. The number of hydrogen-bond acceptors (Lipinski definition) is 14. The minimum Gasteiger partial charge on any atom is -0.465 e. The number of nitro benzene ring substituents is 2. The zero-order valence-electron chi connectivity index (χ0n) is 26.9. The zero-order chi connectivity index (χ0) is 40.4. The van der Waals surface area contributed by atoms with E-state index in [1.165, 1.54) is 19.6 Å². The van der Waals surface area contributed by atoms with Crippen LogP contribution in [0.5, 0.6) is 0 Å². The van der Waals surface area contributed by atoms with Gasteiger partial charge in [-0.1, -0.05) is 0 Å². The molecule has 0 bridgehead atoms. The second-order valence-electron chi connectivity index (χ2n) is 9.34. The van der Waals surface area contributed by atoms with Crippen LogP contribution in [0.2, 0.25) is 0 Å². The van der Waals surface area contributed by atoms with E-state index in [1.54, 1.807) is 0 Å². The first-order chi connectivity index (χ1) is 24.6. The first kappa shape index (κ1) is 42.2. The maximum absolute atomic E-state index is 13.4. The van der Waals surface area contributed by atoms with Crippen LogP contribution >= 0.6 is 0 Å². The van der Waals surface area contributed by atoms with Crippen molar-refractivity contribution in [2.45, 2.75) is 12.4 Å². The van der Waals surface area contributed by atoms with Gasteiger partial charge in [-0.3, -0.25) is 20.2 Å². The van der Waals surface area contributed by atoms with Crippen molar-refractivity contribution in [3.63, 3.8) is 0 Å². The molecule has 1 N–H and O–H groups in total. The van der Waals surface area contributed by atoms with E-state index >= 15 is 0 Å². The quantitative estimate of drug-likeness (QED) is 0.0846. The molecule has 0 aliphatic rings. The fourth-order valence-corrected chi connectivity index (χ4v) is 3.79. The molecule has 0 saturated heterocycles. The van der Waals surface area contributed by atoms with Gasteiger partial charge in [-0.25, -0.2) is 33.5 Å². The molecule has 0 unspecified atom stereocenters. The molecule has 0 amide bonds. The van der Waals surface area contributed by atoms with E-state index in [0.717, 1.165) is 38.4 Å². The molecule has 0 radical (unpaired) electrons. The molecule has 53 heavy (non-hydrogen) atoms. The first-order valence-corrected chi connectivity index (χ1v) is 13.4. The van der Waals surface area contributed by atoms with Crippen molar-refractivity contribution in [3.8, 4) is 5.69 Å². The number of hydrogen-bond donors (Lipinski definition) is 1. The summed E-state index contributed by atoms with van der Waals surface area (Å²) in [6.45, 7) is 0. The molecule has 2 aromatic heterocycles. The van der Waals surface area contributed by atoms with Gasteiger partial charge in [0, 0.05) is 18.3 Å². The second kappa shape index (κ2) is 17.3. The number of ether oxygens (including phenoxy) is 4. The van der Waals surface area contributed by atoms with Crippen molar-refractivity contribution < 1.29 is 78.7 Å². The van der Waals surface area contributed by atoms with E-state index in [1.807, 2.05) is 0 Å². The van der Waals surface area contributed by atoms with Crippen LogP contribution in [0.1, 0.15) is 52.8 Å². The van der Waals surface area contributed by atoms with Crippen molar-refractivity contribution in [2.24, 2.45) is 0 Å². The lowest BCUT2D eigenvalue weighted by Gasteiger charge is -2.14. The summed E-state index contributed by atoms with van der Waals surface area (Å²) in [6.07, 6.45) is -5.43. The lowest BCUT2D eigenvalue weighted by molar-refractivity contribution is -0.385. The minimum absolute atomic E-state index is 0.0401. The van der Waals surface area contributed by atoms with E-state index in [4.69, 9.17) is 0 Å². The number of nitro groups is 2. The molecule has 2 aromatic carbocycles. The summed E-state index contributed by atoms with van der Waals surface area (Å²) in [7, 11) is 4.17. The molecule has 18 nitrogen and oxygen atoms in total. The molecule has 0 spiro atoms. The van der Waals surface area contributed by atoms with Gasteiger partial charge in [-0.05, 0) is 12.1 Å². The Labute approximate surface area is 289 Å². The summed E-state index contributed by atoms with van der Waals surface area (Å²) in [5.41, 5.74) is -7.59. The number of carbonyl (C=O) groups is 4. The molecule has 0 saturated carbocycles. The molecular weight excluding hydrogens is 745 g/mol. The van der Waals surface area contributed by atoms with E-state index in [-0.39, 0.29) is 23.9 Å². The van der Waals surface area contributed by atoms with Gasteiger partial charge in [-0.15, -0.1) is 0 Å². The zero-order valence-corrected chi connectivity index (χ0v) is 26.9. The third-order valence-electron chi connectivity index (χ3n) is 6.17. The number of imidazole rings is 2. The van der Waals surface area contributed by atoms with Crippen molar-refractivity contribution >= 4 is 35.3 Å². The van der Waals surface area contributed by atoms with Crippen LogP contribution in [-0.2, 0) is 31.3 Å². The van der Waals surface area contributed by atoms with E-state index in [0.29, 0.717) is 11.8 Å². The lowest BCUT2D eigenvalue weighted by Crippen LogP contribution is -2.14. The predicted molar refractivity (Wildman–Crippen MR) is 157 cm³/mol. The Kier molecular flexibility index (Phi) is 13.8. The summed E-state index contributed by atoms with van der Waals surface area (Å²) < 4.78 is 108. The highest BCUT2D eigenvalue weighted by atomic mass is 19.4. The average molecular weight is 766 g/mol. The van der Waals surface area contributed by atoms with Crippen molar-refractivity contribution in [1.29, 1.82) is 0 Å². The first-order valence-electron chi connectivity index (χ1n) is 13.4. The van der Waals surface area contributed by atoms with Crippen LogP contribution in [0.4, 0.5) is 42.1 Å². The topological polar surface area (TPSA) is 238 Å². The van der Waals surface area contributed by atoms with Gasteiger partial charge in [0.05, 0.1) is 67.6 Å². The van der Waals surface area contributed by atoms with Gasteiger partial charge in [0.2, 0.25) is 0 Å². The number of halogens is 7. The van der Waals surface area contributed by atoms with Crippen LogP contribution in [0.25, 0.3) is 5.69 Å². The third-order valence-corrected chi connectivity index (χ3v) is 6.17. The molecular formula is C28H21F7N6O12. The highest BCUT2D eigenvalue weighted by Gasteiger charge is 2.39. The number of aromatic nitrogens is 4. The molecule has 4 rings (SSSR count). The largest absolute Gasteiger partial charge is 0.465 e. The molecule has 25 heteroatoms. The van der Waals surface area contributed by atoms with Gasteiger partial charge in [0.15, 0.2) is 5.69 Å². The Bertz CT molecular complexity index is 2010. The summed E-state index contributed by atoms with van der Waals surface area (Å²) in [5, 5.41) is 21.6. The Morgan fingerprint density at radius 3 is 1.62 bits per heavy atom. The fraction of sp³-hybridized carbons (Fsp3) is 0.214. The molecule has 0 fully saturated rings. The SMILES string of the molecule is COC(=O)c1cc(F)c(C(F)(F)F)cc1[N+](=O)[O-].COC(=O)c1cn(-c2cc(C(=O)OC)c([N+](=O)[O-])cc2C(F)(F)F)cn1.COC(=O)c1cnc[nH]1. The van der Waals surface area contributed by atoms with Crippen molar-refractivity contribution in [2.75, 3.05) is 28.4 Å². The predicted octanol–water partition coefficient (Wildman–Crippen LogP) is 5.11. The number of methoxy groups -OCH3 is 4. The van der Waals surface area contributed by atoms with Crippen LogP contribution in [0, 0.1) is 26.0 Å². The normalized spacial score (nSPS) is 10.8. The Morgan fingerprint density at radius 2 is 1.21 bits per heavy atom. The fourth-order valence-electron chi connectivity index (χ4n) is 3.79. The number of esters is 4. The highest BCUT2D eigenvalue weighted by molar-refractivity contribution is 5.95. The van der Waals surface area contributed by atoms with E-state index < -0.39 is 91.2 Å². The molecule has 284 valence electrons. The summed E-state index contributed by atoms with van der Waals surface area (Å²) in [6, 6.07) is 0.962. The van der Waals surface area contributed by atoms with Crippen molar-refractivity contribution in [1.82, 2.24) is 19.5 Å². The number of nitrogens with zero attached hydrogens (tertiary/aromatic N) is 5. The maximum atomic E-state index is 13.4. The van der Waals surface area contributed by atoms with Gasteiger partial charge in [0.25, 0.3) is 11.4 Å². The monoisotopic (exact) mass is 766 g/mol. The average Bonchev–Trinajstić information content (AvgIpc) is 3.83. The lowest BCUT2D eigenvalue weighted by atomic mass is 10.1. The second-order valence-corrected chi connectivity index (χ2v) is 9.34. The number of benzene rings is 2. The Hall–Kier alpha value is -6.95. The summed E-state index contributed by atoms with van der Waals surface area (Å²) >= 11 is 0. The van der Waals surface area contributed by atoms with E-state index in [2.05, 4.69) is 33.9 Å². The van der Waals surface area contributed by atoms with Crippen LogP contribution in [-0.4, -0.2) is 81.7 Å². The number of rotatable bonds is 7. The van der Waals surface area contributed by atoms with Gasteiger partial charge in [0.1, 0.15) is 29.0 Å². The summed E-state index contributed by atoms with van der Waals surface area (Å²) in [4.78, 5) is 73.9. The highest BCUT2D eigenvalue weighted by Crippen LogP contribution is 2.38. The molecule has 0 atom stereocenters. The van der Waals surface area contributed by atoms with Crippen LogP contribution in [0.3, 0.4) is 0 Å². The van der Waals surface area contributed by atoms with Crippen LogP contribution in [0.15, 0.2) is 49.3 Å². The van der Waals surface area contributed by atoms with Crippen molar-refractivity contribution in [3.05, 3.63) is 109 Å². The maximum Gasteiger partial charge on any atom is 0.419 e. The number of aromatic amines is 1. The number of alkyl halides is 6. The smallest absolute Gasteiger partial charge is 0.419 e. The third kappa shape index (κ3) is 10.5. The standard InChI is InChI=1S/C14H10F3N3O6.C9H5F4NO4.C5H6N2O2/c1-25-12(21)7-3-11(19-5-9(18-6-19)13(22)26-2)8(14(15,16)17)4-10(7)20(23)24;1-18-8(15)4-2-6(10)5(9(11,12)13)3-7(4)14(16)17;1-9-5(8)4-2-6-3-7-4/h3-6H,1-2H3;2-3H,1H3;2-3H,1H3,(H,6,7). The number of carbonyl (C=O) groups excluding carboxylic acids is 4. The Morgan fingerprint density at radius 1 is 0.736 bits per heavy atom. The minimum atomic E-state index is -5.09. The summed E-state index contributed by atoms with van der Waals surface area (Å²) in [5.74, 6) is -5.57. The molecule has 2 heterocycles. The van der Waals surface area contributed by atoms with Gasteiger partial charge in [-0.2, -0.15) is 26.3 Å². The van der Waals surface area contributed by atoms with E-state index in [9.17, 15) is 70.1 Å². The Balaban J connectivity index is 0.000000309. The number of H-pyrrole nitrogens is 1.